The molecule has 0 unspecified atom stereocenters. The Morgan fingerprint density at radius 2 is 2.00 bits per heavy atom. The van der Waals surface area contributed by atoms with Gasteiger partial charge in [0.05, 0.1) is 12.7 Å². The Kier molecular flexibility index (Phi) is 3.98. The van der Waals surface area contributed by atoms with Crippen LogP contribution in [0.5, 0.6) is 0 Å². The van der Waals surface area contributed by atoms with Gasteiger partial charge in [-0.2, -0.15) is 0 Å². The maximum absolute atomic E-state index is 11.9. The summed E-state index contributed by atoms with van der Waals surface area (Å²) in [6.07, 6.45) is -1.14. The largest absolute Gasteiger partial charge is 0.480 e. The first-order chi connectivity index (χ1) is 7.72. The number of hydrogen-bond acceptors (Lipinski definition) is 4. The number of nitrogens with zero attached hydrogens (tertiary/aromatic N) is 1. The van der Waals surface area contributed by atoms with Crippen molar-refractivity contribution in [2.45, 2.75) is 45.4 Å². The van der Waals surface area contributed by atoms with Gasteiger partial charge in [-0.25, -0.2) is 9.59 Å². The number of carboxylic acid groups (broad SMARTS) is 1. The lowest BCUT2D eigenvalue weighted by atomic mass is 10.1. The number of amides is 1. The molecule has 0 aromatic carbocycles. The smallest absolute Gasteiger partial charge is 0.411 e. The molecule has 0 aliphatic carbocycles. The summed E-state index contributed by atoms with van der Waals surface area (Å²) in [7, 11) is 0. The van der Waals surface area contributed by atoms with Crippen LogP contribution in [0.1, 0.15) is 27.7 Å². The first-order valence-electron chi connectivity index (χ1n) is 5.56. The number of aliphatic carboxylic acids is 1. The number of hydrogen-bond donors (Lipinski definition) is 1. The molecule has 0 spiro atoms. The molecule has 0 aromatic heterocycles. The number of carbonyl (C=O) groups is 2. The lowest BCUT2D eigenvalue weighted by Gasteiger charge is -2.37. The van der Waals surface area contributed by atoms with Crippen LogP contribution in [0.2, 0.25) is 0 Å². The van der Waals surface area contributed by atoms with E-state index in [-0.39, 0.29) is 6.54 Å². The van der Waals surface area contributed by atoms with E-state index < -0.39 is 29.8 Å². The molecular formula is C11H19NO5. The van der Waals surface area contributed by atoms with Crippen molar-refractivity contribution in [1.82, 2.24) is 4.90 Å². The van der Waals surface area contributed by atoms with Crippen LogP contribution < -0.4 is 0 Å². The highest BCUT2D eigenvalue weighted by Crippen LogP contribution is 2.18. The SMILES string of the molecule is C[C@@H]1OCCN(C(=O)OC(C)(C)C)[C@@H]1C(=O)O. The van der Waals surface area contributed by atoms with Crippen molar-refractivity contribution in [2.24, 2.45) is 0 Å². The van der Waals surface area contributed by atoms with Gasteiger partial charge in [-0.1, -0.05) is 0 Å². The van der Waals surface area contributed by atoms with Crippen LogP contribution in [0.4, 0.5) is 4.79 Å². The first kappa shape index (κ1) is 13.8. The molecule has 6 heteroatoms. The summed E-state index contributed by atoms with van der Waals surface area (Å²) >= 11 is 0. The summed E-state index contributed by atoms with van der Waals surface area (Å²) < 4.78 is 10.4. The second-order valence-electron chi connectivity index (χ2n) is 5.03. The van der Waals surface area contributed by atoms with Crippen molar-refractivity contribution in [2.75, 3.05) is 13.2 Å². The molecule has 1 aliphatic heterocycles. The maximum Gasteiger partial charge on any atom is 0.411 e. The van der Waals surface area contributed by atoms with E-state index in [1.165, 1.54) is 4.90 Å². The predicted molar refractivity (Wildman–Crippen MR) is 59.8 cm³/mol. The summed E-state index contributed by atoms with van der Waals surface area (Å²) in [6, 6.07) is -0.987. The molecule has 1 N–H and O–H groups in total. The Hall–Kier alpha value is -1.30. The second-order valence-corrected chi connectivity index (χ2v) is 5.03. The molecule has 0 bridgehead atoms. The van der Waals surface area contributed by atoms with Gasteiger partial charge in [0.25, 0.3) is 0 Å². The summed E-state index contributed by atoms with van der Waals surface area (Å²) in [5.74, 6) is -1.08. The monoisotopic (exact) mass is 245 g/mol. The third kappa shape index (κ3) is 3.59. The molecule has 6 nitrogen and oxygen atoms in total. The highest BCUT2D eigenvalue weighted by molar-refractivity contribution is 5.81. The lowest BCUT2D eigenvalue weighted by molar-refractivity contribution is -0.154. The zero-order chi connectivity index (χ0) is 13.2. The van der Waals surface area contributed by atoms with Crippen LogP contribution in [-0.4, -0.2) is 53.0 Å². The molecule has 2 atom stereocenters. The average molecular weight is 245 g/mol. The summed E-state index contributed by atoms with van der Waals surface area (Å²) in [5, 5.41) is 9.10. The minimum Gasteiger partial charge on any atom is -0.480 e. The zero-order valence-electron chi connectivity index (χ0n) is 10.6. The number of carbonyl (C=O) groups excluding carboxylic acids is 1. The molecule has 98 valence electrons. The Morgan fingerprint density at radius 3 is 2.47 bits per heavy atom. The molecular weight excluding hydrogens is 226 g/mol. The minimum atomic E-state index is -1.08. The van der Waals surface area contributed by atoms with Gasteiger partial charge in [0.2, 0.25) is 0 Å². The van der Waals surface area contributed by atoms with Crippen LogP contribution in [0.15, 0.2) is 0 Å². The van der Waals surface area contributed by atoms with Crippen molar-refractivity contribution in [1.29, 1.82) is 0 Å². The van der Waals surface area contributed by atoms with Crippen LogP contribution in [0.3, 0.4) is 0 Å². The molecule has 1 aliphatic rings. The Bertz CT molecular complexity index is 309. The van der Waals surface area contributed by atoms with Gasteiger partial charge in [0.1, 0.15) is 5.60 Å². The van der Waals surface area contributed by atoms with Gasteiger partial charge < -0.3 is 14.6 Å². The molecule has 1 heterocycles. The molecule has 0 radical (unpaired) electrons. The highest BCUT2D eigenvalue weighted by Gasteiger charge is 2.39. The predicted octanol–water partition coefficient (Wildman–Crippen LogP) is 1.10. The van der Waals surface area contributed by atoms with E-state index in [2.05, 4.69) is 0 Å². The van der Waals surface area contributed by atoms with E-state index in [0.717, 1.165) is 0 Å². The summed E-state index contributed by atoms with van der Waals surface area (Å²) in [6.45, 7) is 7.41. The van der Waals surface area contributed by atoms with Crippen molar-refractivity contribution in [3.63, 3.8) is 0 Å². The first-order valence-corrected chi connectivity index (χ1v) is 5.56. The van der Waals surface area contributed by atoms with E-state index >= 15 is 0 Å². The van der Waals surface area contributed by atoms with E-state index in [1.807, 2.05) is 0 Å². The highest BCUT2D eigenvalue weighted by atomic mass is 16.6. The van der Waals surface area contributed by atoms with Crippen molar-refractivity contribution in [3.05, 3.63) is 0 Å². The number of morpholine rings is 1. The standard InChI is InChI=1S/C11H19NO5/c1-7-8(9(13)14)12(5-6-16-7)10(15)17-11(2,3)4/h7-8H,5-6H2,1-4H3,(H,13,14)/t7-,8-/m0/s1. The lowest BCUT2D eigenvalue weighted by Crippen LogP contribution is -2.57. The van der Waals surface area contributed by atoms with Gasteiger partial charge in [-0.3, -0.25) is 4.90 Å². The average Bonchev–Trinajstić information content (AvgIpc) is 2.13. The van der Waals surface area contributed by atoms with E-state index in [9.17, 15) is 9.59 Å². The topological polar surface area (TPSA) is 76.1 Å². The molecule has 0 saturated carbocycles. The Balaban J connectivity index is 2.79. The van der Waals surface area contributed by atoms with Gasteiger partial charge in [-0.05, 0) is 27.7 Å². The fourth-order valence-electron chi connectivity index (χ4n) is 1.68. The van der Waals surface area contributed by atoms with Crippen molar-refractivity contribution < 1.29 is 24.2 Å². The van der Waals surface area contributed by atoms with E-state index in [1.54, 1.807) is 27.7 Å². The molecule has 0 aromatic rings. The molecule has 1 fully saturated rings. The third-order valence-electron chi connectivity index (χ3n) is 2.37. The fraction of sp³-hybridized carbons (Fsp3) is 0.818. The van der Waals surface area contributed by atoms with E-state index in [0.29, 0.717) is 6.61 Å². The summed E-state index contributed by atoms with van der Waals surface area (Å²) in [4.78, 5) is 24.2. The van der Waals surface area contributed by atoms with Gasteiger partial charge in [0.15, 0.2) is 6.04 Å². The van der Waals surface area contributed by atoms with Gasteiger partial charge in [-0.15, -0.1) is 0 Å². The van der Waals surface area contributed by atoms with E-state index in [4.69, 9.17) is 14.6 Å². The maximum atomic E-state index is 11.9. The quantitative estimate of drug-likeness (QED) is 0.748. The molecule has 1 saturated heterocycles. The minimum absolute atomic E-state index is 0.232. The van der Waals surface area contributed by atoms with Crippen LogP contribution in [-0.2, 0) is 14.3 Å². The van der Waals surface area contributed by atoms with Crippen LogP contribution in [0.25, 0.3) is 0 Å². The van der Waals surface area contributed by atoms with Crippen molar-refractivity contribution >= 4 is 12.1 Å². The van der Waals surface area contributed by atoms with Crippen molar-refractivity contribution in [3.8, 4) is 0 Å². The number of ether oxygens (including phenoxy) is 2. The van der Waals surface area contributed by atoms with Crippen LogP contribution in [0, 0.1) is 0 Å². The van der Waals surface area contributed by atoms with Gasteiger partial charge in [0, 0.05) is 6.54 Å². The molecule has 1 amide bonds. The zero-order valence-corrected chi connectivity index (χ0v) is 10.6. The number of rotatable bonds is 1. The Morgan fingerprint density at radius 1 is 1.41 bits per heavy atom. The van der Waals surface area contributed by atoms with Gasteiger partial charge >= 0.3 is 12.1 Å². The third-order valence-corrected chi connectivity index (χ3v) is 2.37. The number of carboxylic acids is 1. The molecule has 1 rings (SSSR count). The molecule has 17 heavy (non-hydrogen) atoms. The summed E-state index contributed by atoms with van der Waals surface area (Å²) in [5.41, 5.74) is -0.637. The van der Waals surface area contributed by atoms with Crippen LogP contribution >= 0.6 is 0 Å². The fourth-order valence-corrected chi connectivity index (χ4v) is 1.68. The second kappa shape index (κ2) is 4.91. The normalized spacial score (nSPS) is 25.5. The Labute approximate surface area is 100 Å².